The molecule has 0 spiro atoms. The molecule has 3 heteroatoms. The maximum Gasteiger partial charge on any atom is 0.236 e. The van der Waals surface area contributed by atoms with Crippen LogP contribution in [0.2, 0.25) is 0 Å². The van der Waals surface area contributed by atoms with Gasteiger partial charge in [-0.25, -0.2) is 0 Å². The predicted octanol–water partition coefficient (Wildman–Crippen LogP) is 1.79. The van der Waals surface area contributed by atoms with Gasteiger partial charge in [-0.1, -0.05) is 6.42 Å². The Morgan fingerprint density at radius 3 is 2.80 bits per heavy atom. The number of amides is 1. The molecule has 2 aliphatic rings. The normalized spacial score (nSPS) is 32.7. The molecule has 0 aliphatic heterocycles. The van der Waals surface area contributed by atoms with Crippen molar-refractivity contribution in [3.05, 3.63) is 0 Å². The van der Waals surface area contributed by atoms with Crippen molar-refractivity contribution in [2.45, 2.75) is 32.1 Å². The highest BCUT2D eigenvalue weighted by Crippen LogP contribution is 2.48. The molecular formula is C12H18N2O. The summed E-state index contributed by atoms with van der Waals surface area (Å²) >= 11 is 0. The summed E-state index contributed by atoms with van der Waals surface area (Å²) < 4.78 is 0. The van der Waals surface area contributed by atoms with Crippen molar-refractivity contribution < 1.29 is 4.79 Å². The predicted molar refractivity (Wildman–Crippen MR) is 56.8 cm³/mol. The topological polar surface area (TPSA) is 44.1 Å². The first-order valence-electron chi connectivity index (χ1n) is 5.81. The number of nitriles is 1. The Balaban J connectivity index is 1.82. The number of carbonyl (C=O) groups excluding carboxylic acids is 1. The summed E-state index contributed by atoms with van der Waals surface area (Å²) in [5, 5.41) is 8.45. The Labute approximate surface area is 91.1 Å². The zero-order valence-corrected chi connectivity index (χ0v) is 9.28. The zero-order chi connectivity index (χ0) is 10.8. The third-order valence-corrected chi connectivity index (χ3v) is 4.05. The van der Waals surface area contributed by atoms with E-state index in [-0.39, 0.29) is 12.3 Å². The Hall–Kier alpha value is -1.04. The Kier molecular flexibility index (Phi) is 2.95. The van der Waals surface area contributed by atoms with Crippen molar-refractivity contribution in [3.8, 4) is 6.07 Å². The highest BCUT2D eigenvalue weighted by atomic mass is 16.2. The van der Waals surface area contributed by atoms with Gasteiger partial charge in [0.1, 0.15) is 6.42 Å². The average molecular weight is 206 g/mol. The zero-order valence-electron chi connectivity index (χ0n) is 9.28. The van der Waals surface area contributed by atoms with Gasteiger partial charge in [0.25, 0.3) is 0 Å². The molecule has 2 aliphatic carbocycles. The lowest BCUT2D eigenvalue weighted by Crippen LogP contribution is -2.33. The number of rotatable bonds is 3. The molecular weight excluding hydrogens is 188 g/mol. The van der Waals surface area contributed by atoms with Crippen LogP contribution in [0.4, 0.5) is 0 Å². The number of fused-ring (bicyclic) bond motifs is 2. The van der Waals surface area contributed by atoms with E-state index in [1.54, 1.807) is 4.90 Å². The van der Waals surface area contributed by atoms with E-state index >= 15 is 0 Å². The number of hydrogen-bond acceptors (Lipinski definition) is 2. The van der Waals surface area contributed by atoms with E-state index < -0.39 is 0 Å². The second-order valence-electron chi connectivity index (χ2n) is 5.04. The highest BCUT2D eigenvalue weighted by Gasteiger charge is 2.39. The fourth-order valence-corrected chi connectivity index (χ4v) is 3.26. The van der Waals surface area contributed by atoms with Crippen LogP contribution in [0.5, 0.6) is 0 Å². The van der Waals surface area contributed by atoms with Gasteiger partial charge in [-0.2, -0.15) is 5.26 Å². The van der Waals surface area contributed by atoms with Gasteiger partial charge in [-0.05, 0) is 37.0 Å². The van der Waals surface area contributed by atoms with Crippen LogP contribution in [0.15, 0.2) is 0 Å². The second kappa shape index (κ2) is 4.22. The molecule has 0 saturated heterocycles. The molecule has 0 N–H and O–H groups in total. The van der Waals surface area contributed by atoms with E-state index in [0.29, 0.717) is 5.92 Å². The summed E-state index contributed by atoms with van der Waals surface area (Å²) in [7, 11) is 1.83. The van der Waals surface area contributed by atoms with Gasteiger partial charge in [0.05, 0.1) is 6.07 Å². The van der Waals surface area contributed by atoms with E-state index in [0.717, 1.165) is 18.4 Å². The first kappa shape index (κ1) is 10.5. The first-order valence-corrected chi connectivity index (χ1v) is 5.81. The van der Waals surface area contributed by atoms with Crippen molar-refractivity contribution in [2.75, 3.05) is 13.6 Å². The van der Waals surface area contributed by atoms with Crippen molar-refractivity contribution in [2.24, 2.45) is 17.8 Å². The van der Waals surface area contributed by atoms with Crippen LogP contribution in [-0.2, 0) is 4.79 Å². The van der Waals surface area contributed by atoms with Gasteiger partial charge >= 0.3 is 0 Å². The summed E-state index contributed by atoms with van der Waals surface area (Å²) in [5.41, 5.74) is 0. The molecule has 3 nitrogen and oxygen atoms in total. The van der Waals surface area contributed by atoms with E-state index in [1.165, 1.54) is 25.7 Å². The van der Waals surface area contributed by atoms with Gasteiger partial charge in [-0.15, -0.1) is 0 Å². The number of hydrogen-bond donors (Lipinski definition) is 0. The molecule has 15 heavy (non-hydrogen) atoms. The van der Waals surface area contributed by atoms with Gasteiger partial charge in [0.15, 0.2) is 0 Å². The third kappa shape index (κ3) is 2.14. The summed E-state index contributed by atoms with van der Waals surface area (Å²) in [6.07, 6.45) is 5.46. The summed E-state index contributed by atoms with van der Waals surface area (Å²) in [6, 6.07) is 1.92. The quantitative estimate of drug-likeness (QED) is 0.706. The lowest BCUT2D eigenvalue weighted by Gasteiger charge is -2.26. The number of nitrogens with zero attached hydrogens (tertiary/aromatic N) is 2. The average Bonchev–Trinajstić information content (AvgIpc) is 2.79. The lowest BCUT2D eigenvalue weighted by atomic mass is 9.88. The van der Waals surface area contributed by atoms with Gasteiger partial charge in [0, 0.05) is 13.6 Å². The molecule has 0 aromatic rings. The fraction of sp³-hybridized carbons (Fsp3) is 0.833. The molecule has 0 aromatic carbocycles. The van der Waals surface area contributed by atoms with Crippen LogP contribution < -0.4 is 0 Å². The van der Waals surface area contributed by atoms with E-state index in [9.17, 15) is 4.79 Å². The largest absolute Gasteiger partial charge is 0.345 e. The highest BCUT2D eigenvalue weighted by molar-refractivity contribution is 5.77. The van der Waals surface area contributed by atoms with Gasteiger partial charge in [0.2, 0.25) is 5.91 Å². The SMILES string of the molecule is CN(CC1CC2CCC1C2)C(=O)CC#N. The smallest absolute Gasteiger partial charge is 0.236 e. The molecule has 1 amide bonds. The van der Waals surface area contributed by atoms with Crippen LogP contribution in [0.3, 0.4) is 0 Å². The van der Waals surface area contributed by atoms with Crippen molar-refractivity contribution >= 4 is 5.91 Å². The standard InChI is InChI=1S/C12H18N2O/c1-14(12(15)4-5-13)8-11-7-9-2-3-10(11)6-9/h9-11H,2-4,6-8H2,1H3. The minimum atomic E-state index is -0.0275. The first-order chi connectivity index (χ1) is 7.20. The van der Waals surface area contributed by atoms with Crippen molar-refractivity contribution in [1.29, 1.82) is 5.26 Å². The van der Waals surface area contributed by atoms with E-state index in [1.807, 2.05) is 13.1 Å². The molecule has 2 saturated carbocycles. The second-order valence-corrected chi connectivity index (χ2v) is 5.04. The maximum absolute atomic E-state index is 11.4. The third-order valence-electron chi connectivity index (χ3n) is 4.05. The van der Waals surface area contributed by atoms with Gasteiger partial charge in [-0.3, -0.25) is 4.79 Å². The van der Waals surface area contributed by atoms with Crippen LogP contribution in [0, 0.1) is 29.1 Å². The molecule has 0 heterocycles. The number of carbonyl (C=O) groups is 1. The minimum Gasteiger partial charge on any atom is -0.345 e. The molecule has 2 rings (SSSR count). The maximum atomic E-state index is 11.4. The summed E-state index contributed by atoms with van der Waals surface area (Å²) in [4.78, 5) is 13.2. The van der Waals surface area contributed by atoms with Crippen molar-refractivity contribution in [1.82, 2.24) is 4.90 Å². The van der Waals surface area contributed by atoms with Gasteiger partial charge < -0.3 is 4.90 Å². The fourth-order valence-electron chi connectivity index (χ4n) is 3.26. The lowest BCUT2D eigenvalue weighted by molar-refractivity contribution is -0.129. The monoisotopic (exact) mass is 206 g/mol. The van der Waals surface area contributed by atoms with Crippen LogP contribution in [0.25, 0.3) is 0 Å². The minimum absolute atomic E-state index is 0.0251. The molecule has 0 radical (unpaired) electrons. The Bertz CT molecular complexity index is 294. The Morgan fingerprint density at radius 2 is 2.27 bits per heavy atom. The molecule has 2 bridgehead atoms. The Morgan fingerprint density at radius 1 is 1.47 bits per heavy atom. The molecule has 2 fully saturated rings. The van der Waals surface area contributed by atoms with Crippen LogP contribution in [0.1, 0.15) is 32.1 Å². The van der Waals surface area contributed by atoms with E-state index in [2.05, 4.69) is 0 Å². The molecule has 0 aromatic heterocycles. The molecule has 82 valence electrons. The molecule has 3 unspecified atom stereocenters. The summed E-state index contributed by atoms with van der Waals surface area (Å²) in [5.74, 6) is 2.46. The van der Waals surface area contributed by atoms with Crippen LogP contribution >= 0.6 is 0 Å². The molecule has 3 atom stereocenters. The van der Waals surface area contributed by atoms with Crippen molar-refractivity contribution in [3.63, 3.8) is 0 Å². The van der Waals surface area contributed by atoms with Crippen LogP contribution in [-0.4, -0.2) is 24.4 Å². The van der Waals surface area contributed by atoms with E-state index in [4.69, 9.17) is 5.26 Å². The summed E-state index contributed by atoms with van der Waals surface area (Å²) in [6.45, 7) is 0.863.